The van der Waals surface area contributed by atoms with Gasteiger partial charge in [-0.3, -0.25) is 9.13 Å². The number of hydrogen-bond donors (Lipinski definition) is 2. The first-order valence-electron chi connectivity index (χ1n) is 3.71. The second kappa shape index (κ2) is 3.26. The van der Waals surface area contributed by atoms with Crippen molar-refractivity contribution in [2.45, 2.75) is 19.2 Å². The fourth-order valence-corrected chi connectivity index (χ4v) is 1.50. The highest BCUT2D eigenvalue weighted by atomic mass is 32.1. The Morgan fingerprint density at radius 2 is 2.17 bits per heavy atom. The van der Waals surface area contributed by atoms with E-state index in [2.05, 4.69) is 12.6 Å². The number of hydrogen-bond acceptors (Lipinski definition) is 3. The second-order valence-corrected chi connectivity index (χ2v) is 2.83. The molecule has 68 valence electrons. The van der Waals surface area contributed by atoms with Crippen molar-refractivity contribution in [2.75, 3.05) is 0 Å². The lowest BCUT2D eigenvalue weighted by molar-refractivity contribution is 0.425. The summed E-state index contributed by atoms with van der Waals surface area (Å²) in [6.07, 6.45) is 0. The van der Waals surface area contributed by atoms with Gasteiger partial charge in [0.1, 0.15) is 0 Å². The molecular formula is C7H12N2O2S. The summed E-state index contributed by atoms with van der Waals surface area (Å²) in [6.45, 7) is 2.41. The molecule has 0 amide bonds. The summed E-state index contributed by atoms with van der Waals surface area (Å²) in [5, 5.41) is 9.42. The molecule has 1 rings (SSSR count). The number of rotatable bonds is 2. The summed E-state index contributed by atoms with van der Waals surface area (Å²) in [6, 6.07) is 0. The molecule has 12 heavy (non-hydrogen) atoms. The first kappa shape index (κ1) is 9.25. The van der Waals surface area contributed by atoms with Crippen molar-refractivity contribution in [2.24, 2.45) is 7.05 Å². The lowest BCUT2D eigenvalue weighted by Gasteiger charge is -1.99. The molecule has 0 aliphatic rings. The highest BCUT2D eigenvalue weighted by Crippen LogP contribution is 2.15. The zero-order valence-electron chi connectivity index (χ0n) is 7.11. The minimum atomic E-state index is -0.195. The Morgan fingerprint density at radius 3 is 2.50 bits per heavy atom. The van der Waals surface area contributed by atoms with Crippen LogP contribution in [0.5, 0.6) is 5.88 Å². The van der Waals surface area contributed by atoms with Crippen LogP contribution in [0.3, 0.4) is 0 Å². The van der Waals surface area contributed by atoms with Gasteiger partial charge in [0, 0.05) is 19.3 Å². The number of thiol groups is 1. The van der Waals surface area contributed by atoms with Crippen LogP contribution in [0.15, 0.2) is 4.79 Å². The fourth-order valence-electron chi connectivity index (χ4n) is 1.18. The maximum absolute atomic E-state index is 11.3. The highest BCUT2D eigenvalue weighted by molar-refractivity contribution is 7.79. The predicted octanol–water partition coefficient (Wildman–Crippen LogP) is 0.342. The minimum Gasteiger partial charge on any atom is -0.493 e. The fraction of sp³-hybridized carbons (Fsp3) is 0.571. The molecule has 0 fully saturated rings. The second-order valence-electron chi connectivity index (χ2n) is 2.51. The summed E-state index contributed by atoms with van der Waals surface area (Å²) in [7, 11) is 1.54. The van der Waals surface area contributed by atoms with Crippen LogP contribution in [0.2, 0.25) is 0 Å². The van der Waals surface area contributed by atoms with Crippen molar-refractivity contribution in [1.82, 2.24) is 9.13 Å². The lowest BCUT2D eigenvalue weighted by atomic mass is 10.5. The lowest BCUT2D eigenvalue weighted by Crippen LogP contribution is -2.22. The van der Waals surface area contributed by atoms with Crippen LogP contribution >= 0.6 is 12.6 Å². The maximum atomic E-state index is 11.3. The van der Waals surface area contributed by atoms with Gasteiger partial charge in [-0.15, -0.1) is 0 Å². The molecule has 0 atom stereocenters. The van der Waals surface area contributed by atoms with Crippen LogP contribution in [-0.2, 0) is 19.3 Å². The average molecular weight is 188 g/mol. The summed E-state index contributed by atoms with van der Waals surface area (Å²) >= 11 is 4.03. The third-order valence-corrected chi connectivity index (χ3v) is 2.19. The molecule has 1 heterocycles. The van der Waals surface area contributed by atoms with Gasteiger partial charge in [0.25, 0.3) is 0 Å². The largest absolute Gasteiger partial charge is 0.493 e. The van der Waals surface area contributed by atoms with Gasteiger partial charge >= 0.3 is 5.69 Å². The third kappa shape index (κ3) is 1.14. The molecule has 0 bridgehead atoms. The van der Waals surface area contributed by atoms with Gasteiger partial charge in [-0.2, -0.15) is 12.6 Å². The Hall–Kier alpha value is -0.840. The topological polar surface area (TPSA) is 47.2 Å². The molecule has 1 aromatic heterocycles. The Bertz CT molecular complexity index is 340. The predicted molar refractivity (Wildman–Crippen MR) is 49.7 cm³/mol. The van der Waals surface area contributed by atoms with Crippen LogP contribution in [0.25, 0.3) is 0 Å². The molecule has 0 unspecified atom stereocenters. The zero-order valence-corrected chi connectivity index (χ0v) is 8.01. The van der Waals surface area contributed by atoms with Crippen LogP contribution in [0.1, 0.15) is 12.6 Å². The molecule has 0 saturated carbocycles. The van der Waals surface area contributed by atoms with Gasteiger partial charge in [-0.1, -0.05) is 0 Å². The monoisotopic (exact) mass is 188 g/mol. The van der Waals surface area contributed by atoms with E-state index < -0.39 is 0 Å². The first-order chi connectivity index (χ1) is 5.63. The molecule has 0 saturated heterocycles. The van der Waals surface area contributed by atoms with E-state index in [1.807, 2.05) is 6.92 Å². The molecule has 0 aliphatic carbocycles. The Balaban J connectivity index is 3.44. The standard InChI is InChI=1S/C7H12N2O2S/c1-3-9-5(4-12)6(10)8(2)7(9)11/h10,12H,3-4H2,1-2H3. The molecule has 5 heteroatoms. The number of aromatic nitrogens is 2. The molecule has 0 spiro atoms. The van der Waals surface area contributed by atoms with E-state index in [1.165, 1.54) is 16.2 Å². The van der Waals surface area contributed by atoms with Crippen molar-refractivity contribution in [3.05, 3.63) is 16.2 Å². The molecule has 0 radical (unpaired) electrons. The maximum Gasteiger partial charge on any atom is 0.331 e. The van der Waals surface area contributed by atoms with Gasteiger partial charge in [0.15, 0.2) is 0 Å². The van der Waals surface area contributed by atoms with E-state index in [0.29, 0.717) is 18.0 Å². The van der Waals surface area contributed by atoms with Crippen LogP contribution in [0.4, 0.5) is 0 Å². The molecule has 4 nitrogen and oxygen atoms in total. The number of aromatic hydroxyl groups is 1. The Morgan fingerprint density at radius 1 is 1.58 bits per heavy atom. The van der Waals surface area contributed by atoms with Crippen LogP contribution < -0.4 is 5.69 Å². The van der Waals surface area contributed by atoms with Gasteiger partial charge in [-0.05, 0) is 6.92 Å². The molecule has 1 N–H and O–H groups in total. The van der Waals surface area contributed by atoms with Crippen LogP contribution in [0, 0.1) is 0 Å². The van der Waals surface area contributed by atoms with Gasteiger partial charge in [0.2, 0.25) is 5.88 Å². The van der Waals surface area contributed by atoms with E-state index in [4.69, 9.17) is 0 Å². The first-order valence-corrected chi connectivity index (χ1v) is 4.34. The summed E-state index contributed by atoms with van der Waals surface area (Å²) in [4.78, 5) is 11.3. The average Bonchev–Trinajstić information content (AvgIpc) is 2.29. The molecule has 1 aromatic rings. The van der Waals surface area contributed by atoms with E-state index in [9.17, 15) is 9.90 Å². The van der Waals surface area contributed by atoms with E-state index in [-0.39, 0.29) is 11.6 Å². The van der Waals surface area contributed by atoms with Gasteiger partial charge in [-0.25, -0.2) is 4.79 Å². The van der Waals surface area contributed by atoms with Crippen molar-refractivity contribution in [3.8, 4) is 5.88 Å². The molecular weight excluding hydrogens is 176 g/mol. The highest BCUT2D eigenvalue weighted by Gasteiger charge is 2.13. The van der Waals surface area contributed by atoms with Crippen molar-refractivity contribution in [3.63, 3.8) is 0 Å². The zero-order chi connectivity index (χ0) is 9.30. The van der Waals surface area contributed by atoms with E-state index in [0.717, 1.165) is 0 Å². The number of imidazole rings is 1. The third-order valence-electron chi connectivity index (χ3n) is 1.89. The normalized spacial score (nSPS) is 10.6. The summed E-state index contributed by atoms with van der Waals surface area (Å²) in [5.41, 5.74) is 0.382. The quantitative estimate of drug-likeness (QED) is 0.658. The summed E-state index contributed by atoms with van der Waals surface area (Å²) in [5.74, 6) is 0.382. The Kier molecular flexibility index (Phi) is 2.52. The minimum absolute atomic E-state index is 0.0110. The smallest absolute Gasteiger partial charge is 0.331 e. The Labute approximate surface area is 75.9 Å². The van der Waals surface area contributed by atoms with E-state index >= 15 is 0 Å². The molecule has 0 aliphatic heterocycles. The van der Waals surface area contributed by atoms with Crippen LogP contribution in [-0.4, -0.2) is 14.2 Å². The van der Waals surface area contributed by atoms with Crippen molar-refractivity contribution < 1.29 is 5.11 Å². The SMILES string of the molecule is CCn1c(CS)c(O)n(C)c1=O. The van der Waals surface area contributed by atoms with Gasteiger partial charge < -0.3 is 5.11 Å². The van der Waals surface area contributed by atoms with E-state index in [1.54, 1.807) is 0 Å². The van der Waals surface area contributed by atoms with Crippen molar-refractivity contribution >= 4 is 12.6 Å². The van der Waals surface area contributed by atoms with Gasteiger partial charge in [0.05, 0.1) is 5.69 Å². The molecule has 0 aromatic carbocycles. The number of nitrogens with zero attached hydrogens (tertiary/aromatic N) is 2. The summed E-state index contributed by atoms with van der Waals surface area (Å²) < 4.78 is 2.72. The van der Waals surface area contributed by atoms with Crippen molar-refractivity contribution in [1.29, 1.82) is 0 Å².